The Morgan fingerprint density at radius 1 is 1.23 bits per heavy atom. The predicted octanol–water partition coefficient (Wildman–Crippen LogP) is 0.501. The summed E-state index contributed by atoms with van der Waals surface area (Å²) in [5.74, 6) is -1.42. The van der Waals surface area contributed by atoms with Gasteiger partial charge in [0.15, 0.2) is 0 Å². The van der Waals surface area contributed by atoms with Gasteiger partial charge in [0.2, 0.25) is 0 Å². The van der Waals surface area contributed by atoms with Crippen molar-refractivity contribution < 1.29 is 14.7 Å². The third-order valence-corrected chi connectivity index (χ3v) is 1.44. The molecule has 1 aromatic carbocycles. The van der Waals surface area contributed by atoms with Crippen molar-refractivity contribution in [3.8, 4) is 0 Å². The summed E-state index contributed by atoms with van der Waals surface area (Å²) in [6.45, 7) is -0.353. The smallest absolute Gasteiger partial charge is 0.322 e. The molecule has 1 rings (SSSR count). The van der Waals surface area contributed by atoms with E-state index in [4.69, 9.17) is 5.11 Å². The average Bonchev–Trinajstić information content (AvgIpc) is 2.15. The van der Waals surface area contributed by atoms with Crippen molar-refractivity contribution >= 4 is 11.9 Å². The summed E-state index contributed by atoms with van der Waals surface area (Å²) in [6.07, 6.45) is 0. The van der Waals surface area contributed by atoms with Crippen LogP contribution in [0, 0.1) is 0 Å². The highest BCUT2D eigenvalue weighted by Crippen LogP contribution is 1.96. The van der Waals surface area contributed by atoms with E-state index in [2.05, 4.69) is 5.32 Å². The second kappa shape index (κ2) is 4.25. The van der Waals surface area contributed by atoms with Gasteiger partial charge in [-0.3, -0.25) is 9.59 Å². The van der Waals surface area contributed by atoms with Gasteiger partial charge in [-0.15, -0.1) is 0 Å². The van der Waals surface area contributed by atoms with E-state index in [0.29, 0.717) is 5.56 Å². The van der Waals surface area contributed by atoms with Crippen molar-refractivity contribution in [1.29, 1.82) is 0 Å². The molecule has 0 saturated heterocycles. The van der Waals surface area contributed by atoms with E-state index < -0.39 is 5.97 Å². The molecule has 0 spiro atoms. The molecule has 1 amide bonds. The fraction of sp³-hybridized carbons (Fsp3) is 0.111. The van der Waals surface area contributed by atoms with Gasteiger partial charge in [-0.2, -0.15) is 0 Å². The topological polar surface area (TPSA) is 66.4 Å². The van der Waals surface area contributed by atoms with Crippen molar-refractivity contribution in [2.24, 2.45) is 0 Å². The molecule has 0 saturated carbocycles. The Morgan fingerprint density at radius 2 is 1.85 bits per heavy atom. The van der Waals surface area contributed by atoms with Gasteiger partial charge < -0.3 is 10.4 Å². The van der Waals surface area contributed by atoms with Crippen LogP contribution in [0.2, 0.25) is 0 Å². The van der Waals surface area contributed by atoms with Gasteiger partial charge >= 0.3 is 5.97 Å². The van der Waals surface area contributed by atoms with Gasteiger partial charge in [-0.25, -0.2) is 0 Å². The summed E-state index contributed by atoms with van der Waals surface area (Å²) in [4.78, 5) is 21.3. The molecule has 13 heavy (non-hydrogen) atoms. The molecule has 0 unspecified atom stereocenters. The van der Waals surface area contributed by atoms with E-state index in [0.717, 1.165) is 0 Å². The minimum absolute atomic E-state index is 0.353. The van der Waals surface area contributed by atoms with Gasteiger partial charge in [0.05, 0.1) is 0 Å². The predicted molar refractivity (Wildman–Crippen MR) is 46.4 cm³/mol. The third kappa shape index (κ3) is 2.94. The number of nitrogens with one attached hydrogen (secondary N) is 1. The Balaban J connectivity index is 2.54. The van der Waals surface area contributed by atoms with Gasteiger partial charge in [0.1, 0.15) is 6.54 Å². The number of hydrogen-bond donors (Lipinski definition) is 2. The zero-order chi connectivity index (χ0) is 9.68. The monoisotopic (exact) mass is 182 g/mol. The van der Waals surface area contributed by atoms with E-state index in [1.807, 2.05) is 0 Å². The molecule has 1 aromatic rings. The molecule has 0 aliphatic heterocycles. The molecule has 0 aromatic heterocycles. The van der Waals surface area contributed by atoms with Crippen LogP contribution in [0.3, 0.4) is 0 Å². The Hall–Kier alpha value is -1.84. The molecule has 2 N–H and O–H groups in total. The highest BCUT2D eigenvalue weighted by molar-refractivity contribution is 5.95. The second-order valence-corrected chi connectivity index (χ2v) is 2.44. The molecule has 0 radical (unpaired) electrons. The number of aliphatic carboxylic acids is 1. The van der Waals surface area contributed by atoms with Crippen LogP contribution in [0.4, 0.5) is 0 Å². The van der Waals surface area contributed by atoms with E-state index in [-0.39, 0.29) is 12.5 Å². The molecule has 0 atom stereocenters. The van der Waals surface area contributed by atoms with Crippen molar-refractivity contribution in [2.45, 2.75) is 0 Å². The highest BCUT2D eigenvalue weighted by atomic mass is 16.5. The lowest BCUT2D eigenvalue weighted by atomic mass is 10.2. The zero-order valence-electron chi connectivity index (χ0n) is 6.86. The first kappa shape index (κ1) is 9.25. The lowest BCUT2D eigenvalue weighted by Gasteiger charge is -2.00. The van der Waals surface area contributed by atoms with Crippen LogP contribution in [0.15, 0.2) is 30.3 Å². The lowest BCUT2D eigenvalue weighted by Crippen LogP contribution is -2.29. The normalized spacial score (nSPS) is 9.23. The first-order valence-corrected chi connectivity index (χ1v) is 3.75. The van der Waals surface area contributed by atoms with Crippen LogP contribution in [0.25, 0.3) is 0 Å². The number of carbonyl (C=O) groups excluding carboxylic acids is 1. The lowest BCUT2D eigenvalue weighted by molar-refractivity contribution is -0.135. The Labute approximate surface area is 75.2 Å². The maximum atomic E-state index is 11.2. The van der Waals surface area contributed by atoms with Crippen molar-refractivity contribution in [2.75, 3.05) is 6.54 Å². The van der Waals surface area contributed by atoms with Crippen LogP contribution in [0.1, 0.15) is 10.4 Å². The van der Waals surface area contributed by atoms with Crippen LogP contribution in [-0.2, 0) is 4.79 Å². The van der Waals surface area contributed by atoms with E-state index in [1.54, 1.807) is 30.3 Å². The zero-order valence-corrected chi connectivity index (χ0v) is 6.86. The SMILES string of the molecule is O=C([15NH][13CH2][13C](=O)O)c1ccccc1. The molecular formula is C9H9NO3. The molecule has 0 bridgehead atoms. The molecule has 0 aliphatic rings. The van der Waals surface area contributed by atoms with Crippen LogP contribution >= 0.6 is 0 Å². The summed E-state index contributed by atoms with van der Waals surface area (Å²) >= 11 is 0. The Kier molecular flexibility index (Phi) is 3.03. The molecular weight excluding hydrogens is 173 g/mol. The Bertz CT molecular complexity index is 308. The highest BCUT2D eigenvalue weighted by Gasteiger charge is 2.04. The van der Waals surface area contributed by atoms with Gasteiger partial charge in [0, 0.05) is 5.56 Å². The van der Waals surface area contributed by atoms with Gasteiger partial charge in [-0.05, 0) is 12.1 Å². The van der Waals surface area contributed by atoms with Crippen molar-refractivity contribution in [3.05, 3.63) is 35.9 Å². The molecule has 0 fully saturated rings. The number of hydrogen-bond acceptors (Lipinski definition) is 2. The molecule has 0 aliphatic carbocycles. The maximum absolute atomic E-state index is 11.2. The summed E-state index contributed by atoms with van der Waals surface area (Å²) in [5.41, 5.74) is 0.462. The minimum atomic E-state index is -1.05. The number of carboxylic acids is 1. The van der Waals surface area contributed by atoms with E-state index in [1.165, 1.54) is 0 Å². The molecule has 0 heterocycles. The van der Waals surface area contributed by atoms with E-state index >= 15 is 0 Å². The van der Waals surface area contributed by atoms with Crippen molar-refractivity contribution in [1.82, 2.24) is 5.32 Å². The number of carboxylic acid groups (broad SMARTS) is 1. The largest absolute Gasteiger partial charge is 0.480 e. The van der Waals surface area contributed by atoms with Gasteiger partial charge in [0.25, 0.3) is 5.91 Å². The quantitative estimate of drug-likeness (QED) is 0.528. The summed E-state index contributed by atoms with van der Waals surface area (Å²) in [6, 6.07) is 8.47. The minimum Gasteiger partial charge on any atom is -0.480 e. The molecule has 68 valence electrons. The Morgan fingerprint density at radius 3 is 2.38 bits per heavy atom. The first-order valence-electron chi connectivity index (χ1n) is 3.75. The van der Waals surface area contributed by atoms with Crippen LogP contribution < -0.4 is 5.32 Å². The third-order valence-electron chi connectivity index (χ3n) is 1.44. The summed E-state index contributed by atoms with van der Waals surface area (Å²) < 4.78 is 0. The standard InChI is InChI=1S/C9H9NO3/c11-8(12)6-10-9(13)7-4-2-1-3-5-7/h1-5H,6H2,(H,10,13)(H,11,12)/i6+1,8+1,10+1. The average molecular weight is 182 g/mol. The van der Waals surface area contributed by atoms with Gasteiger partial charge in [-0.1, -0.05) is 18.2 Å². The number of amides is 1. The number of benzene rings is 1. The summed E-state index contributed by atoms with van der Waals surface area (Å²) in [5, 5.41) is 10.6. The first-order chi connectivity index (χ1) is 6.20. The summed E-state index contributed by atoms with van der Waals surface area (Å²) in [7, 11) is 0. The molecule has 4 heteroatoms. The van der Waals surface area contributed by atoms with Crippen LogP contribution in [-0.4, -0.2) is 23.5 Å². The number of rotatable bonds is 3. The van der Waals surface area contributed by atoms with Crippen LogP contribution in [0.5, 0.6) is 0 Å². The maximum Gasteiger partial charge on any atom is 0.322 e. The van der Waals surface area contributed by atoms with Crippen molar-refractivity contribution in [3.63, 3.8) is 0 Å². The molecule has 4 nitrogen and oxygen atoms in total. The fourth-order valence-electron chi connectivity index (χ4n) is 0.847. The second-order valence-electron chi connectivity index (χ2n) is 2.44. The number of carbonyl (C=O) groups is 2. The fourth-order valence-corrected chi connectivity index (χ4v) is 0.847. The van der Waals surface area contributed by atoms with E-state index in [9.17, 15) is 9.59 Å².